The molecule has 0 spiro atoms. The van der Waals surface area contributed by atoms with Gasteiger partial charge in [0.05, 0.1) is 5.56 Å². The van der Waals surface area contributed by atoms with Crippen molar-refractivity contribution >= 4 is 5.65 Å². The van der Waals surface area contributed by atoms with Crippen LogP contribution in [0.4, 0.5) is 13.2 Å². The number of aromatic nitrogens is 3. The van der Waals surface area contributed by atoms with Crippen molar-refractivity contribution in [2.45, 2.75) is 12.7 Å². The van der Waals surface area contributed by atoms with Crippen LogP contribution in [-0.2, 0) is 12.7 Å². The van der Waals surface area contributed by atoms with Crippen molar-refractivity contribution in [2.75, 3.05) is 0 Å². The minimum absolute atomic E-state index is 0.00771. The smallest absolute Gasteiger partial charge is 0.326 e. The second-order valence-corrected chi connectivity index (χ2v) is 4.50. The third kappa shape index (κ3) is 2.25. The molecule has 2 N–H and O–H groups in total. The Morgan fingerprint density at radius 3 is 2.52 bits per heavy atom. The summed E-state index contributed by atoms with van der Waals surface area (Å²) >= 11 is 0. The molecular formula is C14H11F3N4. The lowest BCUT2D eigenvalue weighted by Crippen LogP contribution is -2.08. The minimum atomic E-state index is -4.45. The number of nitrogens with zero attached hydrogens (tertiary/aromatic N) is 3. The fraction of sp³-hybridized carbons (Fsp3) is 0.143. The summed E-state index contributed by atoms with van der Waals surface area (Å²) in [5, 5.41) is 7.86. The number of pyridine rings is 1. The number of fused-ring (bicyclic) bond motifs is 1. The standard InChI is InChI=1S/C14H11F3N4/c15-14(16,17)11-6-2-1-5-10(11)13-20-19-12-9(8-18)4-3-7-21(12)13/h1-7H,8,18H2. The van der Waals surface area contributed by atoms with Gasteiger partial charge in [0.1, 0.15) is 0 Å². The van der Waals surface area contributed by atoms with Crippen LogP contribution in [0.3, 0.4) is 0 Å². The van der Waals surface area contributed by atoms with Crippen molar-refractivity contribution in [3.05, 3.63) is 53.7 Å². The molecule has 0 amide bonds. The maximum absolute atomic E-state index is 13.1. The van der Waals surface area contributed by atoms with Crippen molar-refractivity contribution in [2.24, 2.45) is 5.73 Å². The number of alkyl halides is 3. The van der Waals surface area contributed by atoms with Crippen LogP contribution in [0, 0.1) is 0 Å². The van der Waals surface area contributed by atoms with Gasteiger partial charge in [0.25, 0.3) is 0 Å². The average Bonchev–Trinajstić information content (AvgIpc) is 2.90. The predicted octanol–water partition coefficient (Wildman–Crippen LogP) is 2.87. The van der Waals surface area contributed by atoms with Crippen LogP contribution in [0.15, 0.2) is 42.6 Å². The molecule has 0 unspecified atom stereocenters. The second-order valence-electron chi connectivity index (χ2n) is 4.50. The van der Waals surface area contributed by atoms with Gasteiger partial charge in [0, 0.05) is 23.9 Å². The van der Waals surface area contributed by atoms with Gasteiger partial charge in [-0.2, -0.15) is 13.2 Å². The second kappa shape index (κ2) is 4.85. The van der Waals surface area contributed by atoms with Gasteiger partial charge in [-0.1, -0.05) is 24.3 Å². The largest absolute Gasteiger partial charge is 0.417 e. The Morgan fingerprint density at radius 1 is 1.05 bits per heavy atom. The van der Waals surface area contributed by atoms with Gasteiger partial charge in [0.2, 0.25) is 0 Å². The molecule has 0 fully saturated rings. The molecule has 3 rings (SSSR count). The minimum Gasteiger partial charge on any atom is -0.326 e. The van der Waals surface area contributed by atoms with E-state index in [1.165, 1.54) is 16.5 Å². The number of nitrogens with two attached hydrogens (primary N) is 1. The molecule has 0 aliphatic carbocycles. The highest BCUT2D eigenvalue weighted by atomic mass is 19.4. The molecule has 3 aromatic rings. The molecule has 0 saturated heterocycles. The number of hydrogen-bond donors (Lipinski definition) is 1. The zero-order valence-electron chi connectivity index (χ0n) is 10.8. The zero-order chi connectivity index (χ0) is 15.0. The van der Waals surface area contributed by atoms with Gasteiger partial charge in [0.15, 0.2) is 11.5 Å². The highest BCUT2D eigenvalue weighted by Crippen LogP contribution is 2.36. The number of hydrogen-bond acceptors (Lipinski definition) is 3. The molecule has 108 valence electrons. The molecular weight excluding hydrogens is 281 g/mol. The topological polar surface area (TPSA) is 56.2 Å². The predicted molar refractivity (Wildman–Crippen MR) is 71.3 cm³/mol. The summed E-state index contributed by atoms with van der Waals surface area (Å²) in [5.74, 6) is 0.147. The molecule has 0 radical (unpaired) electrons. The number of rotatable bonds is 2. The lowest BCUT2D eigenvalue weighted by Gasteiger charge is -2.11. The number of benzene rings is 1. The monoisotopic (exact) mass is 292 g/mol. The quantitative estimate of drug-likeness (QED) is 0.790. The molecule has 7 heteroatoms. The lowest BCUT2D eigenvalue weighted by atomic mass is 10.1. The molecule has 2 aromatic heterocycles. The Kier molecular flexibility index (Phi) is 3.13. The molecule has 0 bridgehead atoms. The van der Waals surface area contributed by atoms with E-state index in [2.05, 4.69) is 10.2 Å². The van der Waals surface area contributed by atoms with E-state index >= 15 is 0 Å². The fourth-order valence-electron chi connectivity index (χ4n) is 2.24. The zero-order valence-corrected chi connectivity index (χ0v) is 10.8. The van der Waals surface area contributed by atoms with E-state index < -0.39 is 11.7 Å². The van der Waals surface area contributed by atoms with Crippen LogP contribution >= 0.6 is 0 Å². The lowest BCUT2D eigenvalue weighted by molar-refractivity contribution is -0.137. The third-order valence-electron chi connectivity index (χ3n) is 3.21. The van der Waals surface area contributed by atoms with Crippen LogP contribution in [0.2, 0.25) is 0 Å². The maximum atomic E-state index is 13.1. The summed E-state index contributed by atoms with van der Waals surface area (Å²) in [4.78, 5) is 0. The van der Waals surface area contributed by atoms with Crippen molar-refractivity contribution in [3.8, 4) is 11.4 Å². The first kappa shape index (κ1) is 13.6. The molecule has 1 aromatic carbocycles. The van der Waals surface area contributed by atoms with Gasteiger partial charge in [-0.05, 0) is 12.1 Å². The highest BCUT2D eigenvalue weighted by molar-refractivity contribution is 5.65. The summed E-state index contributed by atoms with van der Waals surface area (Å²) in [7, 11) is 0. The van der Waals surface area contributed by atoms with E-state index in [0.29, 0.717) is 5.65 Å². The Bertz CT molecular complexity index is 792. The Morgan fingerprint density at radius 2 is 1.81 bits per heavy atom. The van der Waals surface area contributed by atoms with Crippen molar-refractivity contribution in [3.63, 3.8) is 0 Å². The van der Waals surface area contributed by atoms with E-state index in [1.807, 2.05) is 0 Å². The van der Waals surface area contributed by atoms with Crippen LogP contribution in [0.25, 0.3) is 17.0 Å². The SMILES string of the molecule is NCc1cccn2c(-c3ccccc3C(F)(F)F)nnc12. The van der Waals surface area contributed by atoms with E-state index in [0.717, 1.165) is 11.6 Å². The normalized spacial score (nSPS) is 12.0. The summed E-state index contributed by atoms with van der Waals surface area (Å²) < 4.78 is 40.8. The molecule has 4 nitrogen and oxygen atoms in total. The average molecular weight is 292 g/mol. The molecule has 21 heavy (non-hydrogen) atoms. The summed E-state index contributed by atoms with van der Waals surface area (Å²) in [6.07, 6.45) is -2.83. The van der Waals surface area contributed by atoms with Crippen molar-refractivity contribution in [1.29, 1.82) is 0 Å². The maximum Gasteiger partial charge on any atom is 0.417 e. The van der Waals surface area contributed by atoms with E-state index in [1.54, 1.807) is 24.4 Å². The van der Waals surface area contributed by atoms with Gasteiger partial charge in [-0.15, -0.1) is 10.2 Å². The van der Waals surface area contributed by atoms with Gasteiger partial charge >= 0.3 is 6.18 Å². The van der Waals surface area contributed by atoms with Crippen LogP contribution in [0.5, 0.6) is 0 Å². The van der Waals surface area contributed by atoms with Gasteiger partial charge in [-0.25, -0.2) is 0 Å². The Balaban J connectivity index is 2.28. The Hall–Kier alpha value is -2.41. The van der Waals surface area contributed by atoms with Crippen LogP contribution in [0.1, 0.15) is 11.1 Å². The molecule has 0 aliphatic heterocycles. The summed E-state index contributed by atoms with van der Waals surface area (Å²) in [5.41, 5.74) is 6.04. The fourth-order valence-corrected chi connectivity index (χ4v) is 2.24. The Labute approximate surface area is 118 Å². The van der Waals surface area contributed by atoms with E-state index in [-0.39, 0.29) is 17.9 Å². The van der Waals surface area contributed by atoms with Crippen LogP contribution < -0.4 is 5.73 Å². The van der Waals surface area contributed by atoms with Crippen molar-refractivity contribution < 1.29 is 13.2 Å². The first-order valence-electron chi connectivity index (χ1n) is 6.21. The van der Waals surface area contributed by atoms with Gasteiger partial charge < -0.3 is 5.73 Å². The molecule has 0 atom stereocenters. The summed E-state index contributed by atoms with van der Waals surface area (Å²) in [6.45, 7) is 0.239. The van der Waals surface area contributed by atoms with Crippen molar-refractivity contribution in [1.82, 2.24) is 14.6 Å². The third-order valence-corrected chi connectivity index (χ3v) is 3.21. The summed E-state index contributed by atoms with van der Waals surface area (Å²) in [6, 6.07) is 8.78. The first-order chi connectivity index (χ1) is 10.0. The molecule has 0 aliphatic rings. The molecule has 2 heterocycles. The van der Waals surface area contributed by atoms with Gasteiger partial charge in [-0.3, -0.25) is 4.40 Å². The van der Waals surface area contributed by atoms with E-state index in [4.69, 9.17) is 5.73 Å². The number of halogens is 3. The van der Waals surface area contributed by atoms with Crippen LogP contribution in [-0.4, -0.2) is 14.6 Å². The highest BCUT2D eigenvalue weighted by Gasteiger charge is 2.34. The molecule has 0 saturated carbocycles. The first-order valence-corrected chi connectivity index (χ1v) is 6.21. The van der Waals surface area contributed by atoms with E-state index in [9.17, 15) is 13.2 Å².